The SMILES string of the molecule is Cc1ccc(O)c(S(=O)(=O)N2CCN(C(=O)c3sc(-c4ccsc4)nc3C)CC2)c1. The molecule has 1 saturated heterocycles. The molecule has 1 aromatic carbocycles. The molecule has 0 spiro atoms. The van der Waals surface area contributed by atoms with Crippen LogP contribution in [0, 0.1) is 13.8 Å². The summed E-state index contributed by atoms with van der Waals surface area (Å²) in [6.07, 6.45) is 0. The van der Waals surface area contributed by atoms with Gasteiger partial charge in [0.15, 0.2) is 0 Å². The molecule has 0 aliphatic carbocycles. The van der Waals surface area contributed by atoms with Crippen LogP contribution >= 0.6 is 22.7 Å². The molecule has 0 bridgehead atoms. The minimum absolute atomic E-state index is 0.0963. The molecule has 158 valence electrons. The molecule has 2 aromatic heterocycles. The molecule has 1 amide bonds. The Balaban J connectivity index is 1.48. The second-order valence-electron chi connectivity index (χ2n) is 7.11. The normalized spacial score (nSPS) is 15.5. The van der Waals surface area contributed by atoms with Crippen LogP contribution in [0.25, 0.3) is 10.6 Å². The van der Waals surface area contributed by atoms with Gasteiger partial charge < -0.3 is 10.0 Å². The number of benzene rings is 1. The molecule has 1 aliphatic heterocycles. The van der Waals surface area contributed by atoms with Gasteiger partial charge in [0, 0.05) is 37.1 Å². The van der Waals surface area contributed by atoms with Gasteiger partial charge in [-0.1, -0.05) is 6.07 Å². The van der Waals surface area contributed by atoms with Gasteiger partial charge in [-0.3, -0.25) is 4.79 Å². The largest absolute Gasteiger partial charge is 0.507 e. The van der Waals surface area contributed by atoms with Crippen LogP contribution in [0.5, 0.6) is 5.75 Å². The predicted molar refractivity (Wildman–Crippen MR) is 118 cm³/mol. The number of thiazole rings is 1. The molecule has 3 aromatic rings. The molecule has 0 radical (unpaired) electrons. The van der Waals surface area contributed by atoms with Crippen LogP contribution in [0.2, 0.25) is 0 Å². The monoisotopic (exact) mass is 463 g/mol. The lowest BCUT2D eigenvalue weighted by Crippen LogP contribution is -2.50. The molecular formula is C20H21N3O4S3. The van der Waals surface area contributed by atoms with Crippen LogP contribution < -0.4 is 0 Å². The standard InChI is InChI=1S/C20H21N3O4S3/c1-13-3-4-16(24)17(11-13)30(26,27)23-8-6-22(7-9-23)20(25)18-14(2)21-19(29-18)15-5-10-28-12-15/h3-5,10-12,24H,6-9H2,1-2H3. The van der Waals surface area contributed by atoms with Gasteiger partial charge in [0.05, 0.1) is 5.69 Å². The molecule has 1 N–H and O–H groups in total. The summed E-state index contributed by atoms with van der Waals surface area (Å²) >= 11 is 2.94. The van der Waals surface area contributed by atoms with Crippen LogP contribution in [-0.4, -0.2) is 59.8 Å². The number of thiophene rings is 1. The van der Waals surface area contributed by atoms with Crippen molar-refractivity contribution in [2.45, 2.75) is 18.7 Å². The average molecular weight is 464 g/mol. The summed E-state index contributed by atoms with van der Waals surface area (Å²) in [5.41, 5.74) is 2.44. The van der Waals surface area contributed by atoms with Crippen molar-refractivity contribution in [3.63, 3.8) is 0 Å². The first-order chi connectivity index (χ1) is 14.3. The quantitative estimate of drug-likeness (QED) is 0.641. The molecule has 7 nitrogen and oxygen atoms in total. The topological polar surface area (TPSA) is 90.8 Å². The fourth-order valence-electron chi connectivity index (χ4n) is 3.35. The number of rotatable bonds is 4. The second-order valence-corrected chi connectivity index (χ2v) is 10.8. The lowest BCUT2D eigenvalue weighted by Gasteiger charge is -2.34. The van der Waals surface area contributed by atoms with Gasteiger partial charge in [0.2, 0.25) is 10.0 Å². The zero-order valence-electron chi connectivity index (χ0n) is 16.5. The van der Waals surface area contributed by atoms with Crippen molar-refractivity contribution >= 4 is 38.6 Å². The van der Waals surface area contributed by atoms with E-state index in [1.54, 1.807) is 29.2 Å². The van der Waals surface area contributed by atoms with Crippen LogP contribution in [0.4, 0.5) is 0 Å². The van der Waals surface area contributed by atoms with E-state index in [4.69, 9.17) is 0 Å². The molecule has 10 heteroatoms. The number of nitrogens with zero attached hydrogens (tertiary/aromatic N) is 3. The Bertz CT molecular complexity index is 1180. The molecule has 0 saturated carbocycles. The lowest BCUT2D eigenvalue weighted by molar-refractivity contribution is 0.0701. The smallest absolute Gasteiger partial charge is 0.265 e. The fourth-order valence-corrected chi connectivity index (χ4v) is 6.68. The number of piperazine rings is 1. The number of phenolic OH excluding ortho intramolecular Hbond substituents is 1. The average Bonchev–Trinajstić information content (AvgIpc) is 3.39. The number of aromatic nitrogens is 1. The summed E-state index contributed by atoms with van der Waals surface area (Å²) in [6, 6.07) is 6.49. The van der Waals surface area contributed by atoms with Gasteiger partial charge in [-0.2, -0.15) is 15.6 Å². The Kier molecular flexibility index (Phi) is 5.67. The summed E-state index contributed by atoms with van der Waals surface area (Å²) in [6.45, 7) is 4.52. The molecule has 1 aliphatic rings. The van der Waals surface area contributed by atoms with Crippen molar-refractivity contribution in [1.82, 2.24) is 14.2 Å². The van der Waals surface area contributed by atoms with Crippen molar-refractivity contribution in [2.75, 3.05) is 26.2 Å². The Morgan fingerprint density at radius 2 is 1.87 bits per heavy atom. The number of carbonyl (C=O) groups is 1. The van der Waals surface area contributed by atoms with Gasteiger partial charge in [0.25, 0.3) is 5.91 Å². The van der Waals surface area contributed by atoms with E-state index in [9.17, 15) is 18.3 Å². The van der Waals surface area contributed by atoms with Crippen molar-refractivity contribution in [2.24, 2.45) is 0 Å². The van der Waals surface area contributed by atoms with E-state index < -0.39 is 10.0 Å². The molecule has 0 unspecified atom stereocenters. The van der Waals surface area contributed by atoms with Gasteiger partial charge in [-0.05, 0) is 43.0 Å². The number of hydrogen-bond acceptors (Lipinski definition) is 7. The van der Waals surface area contributed by atoms with E-state index in [1.807, 2.05) is 23.8 Å². The van der Waals surface area contributed by atoms with E-state index in [0.29, 0.717) is 10.6 Å². The van der Waals surface area contributed by atoms with E-state index in [1.165, 1.54) is 27.8 Å². The second kappa shape index (κ2) is 8.10. The van der Waals surface area contributed by atoms with Crippen LogP contribution in [-0.2, 0) is 10.0 Å². The number of hydrogen-bond donors (Lipinski definition) is 1. The van der Waals surface area contributed by atoms with E-state index in [2.05, 4.69) is 4.98 Å². The minimum Gasteiger partial charge on any atom is -0.507 e. The third kappa shape index (κ3) is 3.87. The zero-order valence-corrected chi connectivity index (χ0v) is 19.0. The lowest BCUT2D eigenvalue weighted by atomic mass is 10.2. The zero-order chi connectivity index (χ0) is 21.5. The molecule has 1 fully saturated rings. The summed E-state index contributed by atoms with van der Waals surface area (Å²) in [5, 5.41) is 14.8. The third-order valence-electron chi connectivity index (χ3n) is 5.02. The fraction of sp³-hybridized carbons (Fsp3) is 0.300. The maximum atomic E-state index is 13.0. The van der Waals surface area contributed by atoms with Crippen molar-refractivity contribution in [3.05, 3.63) is 51.2 Å². The number of amides is 1. The highest BCUT2D eigenvalue weighted by Crippen LogP contribution is 2.31. The molecule has 0 atom stereocenters. The Morgan fingerprint density at radius 3 is 2.53 bits per heavy atom. The summed E-state index contributed by atoms with van der Waals surface area (Å²) in [7, 11) is -3.83. The highest BCUT2D eigenvalue weighted by molar-refractivity contribution is 7.89. The number of sulfonamides is 1. The maximum Gasteiger partial charge on any atom is 0.265 e. The number of carbonyl (C=O) groups excluding carboxylic acids is 1. The highest BCUT2D eigenvalue weighted by atomic mass is 32.2. The molecule has 3 heterocycles. The highest BCUT2D eigenvalue weighted by Gasteiger charge is 2.33. The molecular weight excluding hydrogens is 442 g/mol. The first-order valence-electron chi connectivity index (χ1n) is 9.36. The minimum atomic E-state index is -3.83. The summed E-state index contributed by atoms with van der Waals surface area (Å²) in [4.78, 5) is 19.7. The van der Waals surface area contributed by atoms with Crippen LogP contribution in [0.15, 0.2) is 39.9 Å². The van der Waals surface area contributed by atoms with Crippen LogP contribution in [0.3, 0.4) is 0 Å². The Hall–Kier alpha value is -2.27. The molecule has 30 heavy (non-hydrogen) atoms. The molecule has 4 rings (SSSR count). The van der Waals surface area contributed by atoms with Gasteiger partial charge in [0.1, 0.15) is 20.5 Å². The summed E-state index contributed by atoms with van der Waals surface area (Å²) < 4.78 is 27.2. The van der Waals surface area contributed by atoms with Gasteiger partial charge in [-0.15, -0.1) is 11.3 Å². The third-order valence-corrected chi connectivity index (χ3v) is 8.82. The first kappa shape index (κ1) is 21.0. The van der Waals surface area contributed by atoms with Crippen molar-refractivity contribution in [3.8, 4) is 16.3 Å². The van der Waals surface area contributed by atoms with E-state index >= 15 is 0 Å². The Labute approximate surface area is 183 Å². The Morgan fingerprint density at radius 1 is 1.13 bits per heavy atom. The van der Waals surface area contributed by atoms with Gasteiger partial charge >= 0.3 is 0 Å². The first-order valence-corrected chi connectivity index (χ1v) is 12.6. The predicted octanol–water partition coefficient (Wildman–Crippen LogP) is 3.34. The maximum absolute atomic E-state index is 13.0. The number of aryl methyl sites for hydroxylation is 2. The van der Waals surface area contributed by atoms with Crippen molar-refractivity contribution in [1.29, 1.82) is 0 Å². The van der Waals surface area contributed by atoms with Crippen LogP contribution in [0.1, 0.15) is 20.9 Å². The van der Waals surface area contributed by atoms with Crippen molar-refractivity contribution < 1.29 is 18.3 Å². The van der Waals surface area contributed by atoms with E-state index in [0.717, 1.165) is 16.1 Å². The van der Waals surface area contributed by atoms with E-state index in [-0.39, 0.29) is 42.7 Å². The summed E-state index contributed by atoms with van der Waals surface area (Å²) in [5.74, 6) is -0.387. The van der Waals surface area contributed by atoms with Gasteiger partial charge in [-0.25, -0.2) is 13.4 Å². The number of aromatic hydroxyl groups is 1. The number of phenols is 1.